The molecule has 2 saturated heterocycles. The van der Waals surface area contributed by atoms with E-state index in [0.29, 0.717) is 17.5 Å². The van der Waals surface area contributed by atoms with Crippen LogP contribution in [0.15, 0.2) is 0 Å². The summed E-state index contributed by atoms with van der Waals surface area (Å²) in [6.45, 7) is 5.97. The molecule has 5 heteroatoms. The first kappa shape index (κ1) is 15.3. The van der Waals surface area contributed by atoms with Crippen LogP contribution in [0.5, 0.6) is 0 Å². The molecule has 2 atom stereocenters. The lowest BCUT2D eigenvalue weighted by Gasteiger charge is -2.35. The van der Waals surface area contributed by atoms with Crippen molar-refractivity contribution in [2.24, 2.45) is 5.92 Å². The summed E-state index contributed by atoms with van der Waals surface area (Å²) in [5.74, 6) is 1.41. The summed E-state index contributed by atoms with van der Waals surface area (Å²) in [5.41, 5.74) is 0. The molecule has 112 valence electrons. The Morgan fingerprint density at radius 1 is 1.21 bits per heavy atom. The summed E-state index contributed by atoms with van der Waals surface area (Å²) in [5, 5.41) is 3.59. The Morgan fingerprint density at radius 2 is 2.05 bits per heavy atom. The van der Waals surface area contributed by atoms with Gasteiger partial charge in [-0.2, -0.15) is 0 Å². The molecule has 0 aromatic rings. The average molecular weight is 288 g/mol. The van der Waals surface area contributed by atoms with Crippen molar-refractivity contribution in [1.82, 2.24) is 10.2 Å². The normalized spacial score (nSPS) is 29.7. The third kappa shape index (κ3) is 4.72. The van der Waals surface area contributed by atoms with E-state index < -0.39 is 9.84 Å². The zero-order valence-corrected chi connectivity index (χ0v) is 12.9. The lowest BCUT2D eigenvalue weighted by molar-refractivity contribution is 0.159. The minimum Gasteiger partial charge on any atom is -0.314 e. The molecule has 0 aliphatic carbocycles. The fourth-order valence-electron chi connectivity index (χ4n) is 3.42. The summed E-state index contributed by atoms with van der Waals surface area (Å²) >= 11 is 0. The first-order valence-corrected chi connectivity index (χ1v) is 9.59. The summed E-state index contributed by atoms with van der Waals surface area (Å²) in [4.78, 5) is 2.36. The van der Waals surface area contributed by atoms with E-state index in [1.54, 1.807) is 0 Å². The van der Waals surface area contributed by atoms with Crippen LogP contribution in [0, 0.1) is 5.92 Å². The lowest BCUT2D eigenvalue weighted by atomic mass is 9.90. The fraction of sp³-hybridized carbons (Fsp3) is 1.00. The van der Waals surface area contributed by atoms with Crippen LogP contribution >= 0.6 is 0 Å². The summed E-state index contributed by atoms with van der Waals surface area (Å²) < 4.78 is 23.5. The Bertz CT molecular complexity index is 364. The average Bonchev–Trinajstić information content (AvgIpc) is 2.91. The van der Waals surface area contributed by atoms with Gasteiger partial charge in [0, 0.05) is 24.9 Å². The predicted octanol–water partition coefficient (Wildman–Crippen LogP) is 1.28. The molecular weight excluding hydrogens is 260 g/mol. The van der Waals surface area contributed by atoms with Crippen LogP contribution in [-0.4, -0.2) is 57.0 Å². The number of hydrogen-bond acceptors (Lipinski definition) is 4. The van der Waals surface area contributed by atoms with Crippen LogP contribution in [0.1, 0.15) is 39.0 Å². The van der Waals surface area contributed by atoms with Crippen LogP contribution in [0.4, 0.5) is 0 Å². The van der Waals surface area contributed by atoms with Crippen molar-refractivity contribution in [3.05, 3.63) is 0 Å². The van der Waals surface area contributed by atoms with Crippen molar-refractivity contribution in [2.45, 2.75) is 45.1 Å². The van der Waals surface area contributed by atoms with E-state index in [0.717, 1.165) is 38.5 Å². The van der Waals surface area contributed by atoms with Crippen molar-refractivity contribution in [3.63, 3.8) is 0 Å². The van der Waals surface area contributed by atoms with Gasteiger partial charge in [0.05, 0.1) is 5.75 Å². The molecule has 0 aromatic carbocycles. The Morgan fingerprint density at radius 3 is 2.74 bits per heavy atom. The SMILES string of the molecule is CCCS(=O)(=O)CCN1CCCC(C2CCCN2)C1. The van der Waals surface area contributed by atoms with Crippen LogP contribution < -0.4 is 5.32 Å². The number of nitrogens with one attached hydrogen (secondary N) is 1. The third-order valence-corrected chi connectivity index (χ3v) is 6.28. The standard InChI is InChI=1S/C14H28N2O2S/c1-2-10-19(17,18)11-9-16-8-4-5-13(12-16)14-6-3-7-15-14/h13-15H,2-12H2,1H3. The molecule has 2 aliphatic heterocycles. The van der Waals surface area contributed by atoms with E-state index in [4.69, 9.17) is 0 Å². The third-order valence-electron chi connectivity index (χ3n) is 4.44. The largest absolute Gasteiger partial charge is 0.314 e. The molecule has 0 bridgehead atoms. The van der Waals surface area contributed by atoms with E-state index in [1.807, 2.05) is 6.92 Å². The molecule has 0 spiro atoms. The zero-order valence-electron chi connectivity index (χ0n) is 12.1. The van der Waals surface area contributed by atoms with Gasteiger partial charge in [0.2, 0.25) is 0 Å². The van der Waals surface area contributed by atoms with Gasteiger partial charge in [-0.15, -0.1) is 0 Å². The van der Waals surface area contributed by atoms with Gasteiger partial charge in [-0.05, 0) is 51.1 Å². The van der Waals surface area contributed by atoms with E-state index in [2.05, 4.69) is 10.2 Å². The van der Waals surface area contributed by atoms with Crippen molar-refractivity contribution in [3.8, 4) is 0 Å². The maximum Gasteiger partial charge on any atom is 0.151 e. The number of sulfone groups is 1. The monoisotopic (exact) mass is 288 g/mol. The summed E-state index contributed by atoms with van der Waals surface area (Å²) in [6.07, 6.45) is 5.85. The lowest BCUT2D eigenvalue weighted by Crippen LogP contribution is -2.44. The van der Waals surface area contributed by atoms with Gasteiger partial charge in [-0.1, -0.05) is 6.92 Å². The summed E-state index contributed by atoms with van der Waals surface area (Å²) in [6, 6.07) is 0.676. The van der Waals surface area contributed by atoms with Crippen molar-refractivity contribution in [1.29, 1.82) is 0 Å². The zero-order chi connectivity index (χ0) is 13.7. The van der Waals surface area contributed by atoms with E-state index in [9.17, 15) is 8.42 Å². The molecule has 19 heavy (non-hydrogen) atoms. The number of rotatable bonds is 6. The van der Waals surface area contributed by atoms with Gasteiger partial charge in [0.15, 0.2) is 9.84 Å². The number of piperidine rings is 1. The van der Waals surface area contributed by atoms with Crippen LogP contribution in [0.25, 0.3) is 0 Å². The second kappa shape index (κ2) is 7.04. The molecule has 4 nitrogen and oxygen atoms in total. The van der Waals surface area contributed by atoms with Gasteiger partial charge in [0.25, 0.3) is 0 Å². The first-order chi connectivity index (χ1) is 9.11. The quantitative estimate of drug-likeness (QED) is 0.800. The topological polar surface area (TPSA) is 49.4 Å². The number of hydrogen-bond donors (Lipinski definition) is 1. The van der Waals surface area contributed by atoms with E-state index in [1.165, 1.54) is 25.7 Å². The molecular formula is C14H28N2O2S. The molecule has 1 N–H and O–H groups in total. The fourth-order valence-corrected chi connectivity index (χ4v) is 4.78. The maximum absolute atomic E-state index is 11.8. The summed E-state index contributed by atoms with van der Waals surface area (Å²) in [7, 11) is -2.82. The molecule has 0 amide bonds. The Kier molecular flexibility index (Phi) is 5.66. The Balaban J connectivity index is 1.77. The van der Waals surface area contributed by atoms with Crippen LogP contribution in [0.3, 0.4) is 0 Å². The van der Waals surface area contributed by atoms with Crippen LogP contribution in [-0.2, 0) is 9.84 Å². The molecule has 2 heterocycles. The second-order valence-electron chi connectivity index (χ2n) is 6.06. The molecule has 0 radical (unpaired) electrons. The minimum absolute atomic E-state index is 0.339. The Labute approximate surface area is 117 Å². The highest BCUT2D eigenvalue weighted by Crippen LogP contribution is 2.24. The first-order valence-electron chi connectivity index (χ1n) is 7.77. The highest BCUT2D eigenvalue weighted by Gasteiger charge is 2.29. The molecule has 0 saturated carbocycles. The second-order valence-corrected chi connectivity index (χ2v) is 8.36. The highest BCUT2D eigenvalue weighted by atomic mass is 32.2. The molecule has 2 rings (SSSR count). The molecule has 2 aliphatic rings. The predicted molar refractivity (Wildman–Crippen MR) is 79.1 cm³/mol. The van der Waals surface area contributed by atoms with Gasteiger partial charge in [-0.3, -0.25) is 0 Å². The Hall–Kier alpha value is -0.130. The van der Waals surface area contributed by atoms with Crippen molar-refractivity contribution >= 4 is 9.84 Å². The molecule has 0 aromatic heterocycles. The van der Waals surface area contributed by atoms with Gasteiger partial charge < -0.3 is 10.2 Å². The number of nitrogens with zero attached hydrogens (tertiary/aromatic N) is 1. The van der Waals surface area contributed by atoms with Crippen molar-refractivity contribution in [2.75, 3.05) is 37.7 Å². The van der Waals surface area contributed by atoms with E-state index >= 15 is 0 Å². The van der Waals surface area contributed by atoms with Gasteiger partial charge in [0.1, 0.15) is 0 Å². The van der Waals surface area contributed by atoms with Gasteiger partial charge >= 0.3 is 0 Å². The smallest absolute Gasteiger partial charge is 0.151 e. The van der Waals surface area contributed by atoms with Crippen molar-refractivity contribution < 1.29 is 8.42 Å². The van der Waals surface area contributed by atoms with Gasteiger partial charge in [-0.25, -0.2) is 8.42 Å². The highest BCUT2D eigenvalue weighted by molar-refractivity contribution is 7.91. The number of likely N-dealkylation sites (tertiary alicyclic amines) is 1. The molecule has 2 fully saturated rings. The molecule has 2 unspecified atom stereocenters. The van der Waals surface area contributed by atoms with E-state index in [-0.39, 0.29) is 0 Å². The maximum atomic E-state index is 11.8. The minimum atomic E-state index is -2.82. The van der Waals surface area contributed by atoms with Crippen LogP contribution in [0.2, 0.25) is 0 Å².